The highest BCUT2D eigenvalue weighted by molar-refractivity contribution is 6.30. The summed E-state index contributed by atoms with van der Waals surface area (Å²) in [7, 11) is 3.55. The molecule has 0 aliphatic carbocycles. The number of carbonyl (C=O) groups is 1. The molecule has 0 saturated carbocycles. The molecule has 3 rings (SSSR count). The molecule has 1 heterocycles. The van der Waals surface area contributed by atoms with Crippen LogP contribution in [0.3, 0.4) is 0 Å². The maximum Gasteiger partial charge on any atom is 0.255 e. The Morgan fingerprint density at radius 2 is 2.00 bits per heavy atom. The van der Waals surface area contributed by atoms with Crippen molar-refractivity contribution in [1.82, 2.24) is 4.90 Å². The Labute approximate surface area is 145 Å². The first-order valence-electron chi connectivity index (χ1n) is 7.59. The number of rotatable bonds is 4. The van der Waals surface area contributed by atoms with E-state index >= 15 is 0 Å². The highest BCUT2D eigenvalue weighted by Crippen LogP contribution is 2.28. The van der Waals surface area contributed by atoms with Gasteiger partial charge in [-0.05, 0) is 24.3 Å². The molecule has 0 fully saturated rings. The summed E-state index contributed by atoms with van der Waals surface area (Å²) in [5, 5.41) is 3.39. The van der Waals surface area contributed by atoms with Crippen molar-refractivity contribution in [2.75, 3.05) is 32.6 Å². The van der Waals surface area contributed by atoms with Gasteiger partial charge in [0.15, 0.2) is 0 Å². The fourth-order valence-electron chi connectivity index (χ4n) is 2.58. The zero-order valence-corrected chi connectivity index (χ0v) is 14.3. The highest BCUT2D eigenvalue weighted by Gasteiger charge is 2.15. The van der Waals surface area contributed by atoms with Crippen LogP contribution in [0.15, 0.2) is 47.5 Å². The van der Waals surface area contributed by atoms with Gasteiger partial charge in [-0.15, -0.1) is 0 Å². The van der Waals surface area contributed by atoms with Crippen molar-refractivity contribution in [2.24, 2.45) is 4.99 Å². The van der Waals surface area contributed by atoms with Gasteiger partial charge in [0.2, 0.25) is 0 Å². The summed E-state index contributed by atoms with van der Waals surface area (Å²) in [6, 6.07) is 12.5. The number of hydrogen-bond donors (Lipinski definition) is 1. The van der Waals surface area contributed by atoms with Crippen molar-refractivity contribution < 1.29 is 9.53 Å². The predicted octanol–water partition coefficient (Wildman–Crippen LogP) is 3.29. The first kappa shape index (κ1) is 16.3. The van der Waals surface area contributed by atoms with Crippen molar-refractivity contribution in [2.45, 2.75) is 0 Å². The van der Waals surface area contributed by atoms with Crippen molar-refractivity contribution in [3.8, 4) is 5.75 Å². The Bertz CT molecular complexity index is 787. The van der Waals surface area contributed by atoms with Crippen LogP contribution < -0.4 is 10.1 Å². The summed E-state index contributed by atoms with van der Waals surface area (Å²) in [4.78, 5) is 19.0. The zero-order valence-electron chi connectivity index (χ0n) is 13.5. The summed E-state index contributed by atoms with van der Waals surface area (Å²) < 4.78 is 5.24. The standard InChI is InChI=1S/C18H18ClN3O2/c1-22-10-9-20-17(22)12-3-5-13(6-4-12)18(23)21-15-8-7-14(19)11-16(15)24-2/h3-8,11H,9-10H2,1-2H3,(H,21,23). The van der Waals surface area contributed by atoms with Crippen molar-refractivity contribution in [3.63, 3.8) is 0 Å². The fourth-order valence-corrected chi connectivity index (χ4v) is 2.74. The van der Waals surface area contributed by atoms with Crippen LogP contribution in [0.4, 0.5) is 5.69 Å². The molecule has 0 spiro atoms. The van der Waals surface area contributed by atoms with Gasteiger partial charge < -0.3 is 15.0 Å². The minimum absolute atomic E-state index is 0.205. The lowest BCUT2D eigenvalue weighted by Gasteiger charge is -2.14. The van der Waals surface area contributed by atoms with Gasteiger partial charge in [0.05, 0.1) is 19.3 Å². The molecule has 1 amide bonds. The molecule has 5 nitrogen and oxygen atoms in total. The Morgan fingerprint density at radius 1 is 1.25 bits per heavy atom. The Balaban J connectivity index is 1.76. The van der Waals surface area contributed by atoms with E-state index in [4.69, 9.17) is 16.3 Å². The van der Waals surface area contributed by atoms with E-state index in [0.717, 1.165) is 24.5 Å². The van der Waals surface area contributed by atoms with Crippen molar-refractivity contribution in [1.29, 1.82) is 0 Å². The summed E-state index contributed by atoms with van der Waals surface area (Å²) in [5.41, 5.74) is 2.16. The minimum Gasteiger partial charge on any atom is -0.495 e. The van der Waals surface area contributed by atoms with E-state index in [0.29, 0.717) is 22.0 Å². The lowest BCUT2D eigenvalue weighted by molar-refractivity contribution is 0.102. The van der Waals surface area contributed by atoms with Crippen LogP contribution in [0.5, 0.6) is 5.75 Å². The van der Waals surface area contributed by atoms with E-state index in [1.165, 1.54) is 7.11 Å². The second-order valence-electron chi connectivity index (χ2n) is 5.50. The van der Waals surface area contributed by atoms with E-state index in [2.05, 4.69) is 15.2 Å². The number of halogens is 1. The number of amides is 1. The number of methoxy groups -OCH3 is 1. The Hall–Kier alpha value is -2.53. The van der Waals surface area contributed by atoms with Crippen LogP contribution in [0.2, 0.25) is 5.02 Å². The smallest absolute Gasteiger partial charge is 0.255 e. The van der Waals surface area contributed by atoms with Crippen molar-refractivity contribution >= 4 is 29.0 Å². The largest absolute Gasteiger partial charge is 0.495 e. The minimum atomic E-state index is -0.205. The molecule has 0 radical (unpaired) electrons. The van der Waals surface area contributed by atoms with Gasteiger partial charge >= 0.3 is 0 Å². The predicted molar refractivity (Wildman–Crippen MR) is 96.4 cm³/mol. The van der Waals surface area contributed by atoms with Crippen LogP contribution in [0, 0.1) is 0 Å². The van der Waals surface area contributed by atoms with Gasteiger partial charge in [-0.2, -0.15) is 0 Å². The van der Waals surface area contributed by atoms with Crippen LogP contribution in [0.1, 0.15) is 15.9 Å². The number of anilines is 1. The number of benzene rings is 2. The molecule has 0 atom stereocenters. The summed E-state index contributed by atoms with van der Waals surface area (Å²) in [6.07, 6.45) is 0. The molecular weight excluding hydrogens is 326 g/mol. The maximum atomic E-state index is 12.4. The van der Waals surface area contributed by atoms with Crippen LogP contribution in [-0.4, -0.2) is 43.9 Å². The molecule has 0 bridgehead atoms. The van der Waals surface area contributed by atoms with E-state index in [1.807, 2.05) is 19.2 Å². The fraction of sp³-hybridized carbons (Fsp3) is 0.222. The molecule has 1 aliphatic rings. The zero-order chi connectivity index (χ0) is 17.1. The number of likely N-dealkylation sites (N-methyl/N-ethyl adjacent to an activating group) is 1. The summed E-state index contributed by atoms with van der Waals surface area (Å²) in [6.45, 7) is 1.73. The third-order valence-electron chi connectivity index (χ3n) is 3.88. The number of aliphatic imine (C=N–C) groups is 1. The van der Waals surface area contributed by atoms with Gasteiger partial charge in [-0.3, -0.25) is 9.79 Å². The lowest BCUT2D eigenvalue weighted by atomic mass is 10.1. The van der Waals surface area contributed by atoms with E-state index in [9.17, 15) is 4.79 Å². The SMILES string of the molecule is COc1cc(Cl)ccc1NC(=O)c1ccc(C2=NCCN2C)cc1. The second kappa shape index (κ2) is 6.93. The average molecular weight is 344 g/mol. The molecule has 124 valence electrons. The molecule has 6 heteroatoms. The molecule has 0 saturated heterocycles. The first-order valence-corrected chi connectivity index (χ1v) is 7.97. The Morgan fingerprint density at radius 3 is 2.62 bits per heavy atom. The number of hydrogen-bond acceptors (Lipinski definition) is 4. The topological polar surface area (TPSA) is 53.9 Å². The average Bonchev–Trinajstić information content (AvgIpc) is 3.02. The van der Waals surface area contributed by atoms with Crippen molar-refractivity contribution in [3.05, 3.63) is 58.6 Å². The van der Waals surface area contributed by atoms with Gasteiger partial charge in [0.1, 0.15) is 11.6 Å². The number of ether oxygens (including phenoxy) is 1. The third-order valence-corrected chi connectivity index (χ3v) is 4.11. The van der Waals surface area contributed by atoms with Gasteiger partial charge in [-0.25, -0.2) is 0 Å². The first-order chi connectivity index (χ1) is 11.6. The van der Waals surface area contributed by atoms with Crippen LogP contribution >= 0.6 is 11.6 Å². The summed E-state index contributed by atoms with van der Waals surface area (Å²) >= 11 is 5.93. The van der Waals surface area contributed by atoms with Crippen LogP contribution in [0.25, 0.3) is 0 Å². The van der Waals surface area contributed by atoms with Gasteiger partial charge in [0.25, 0.3) is 5.91 Å². The maximum absolute atomic E-state index is 12.4. The van der Waals surface area contributed by atoms with E-state index in [-0.39, 0.29) is 5.91 Å². The van der Waals surface area contributed by atoms with Gasteiger partial charge in [-0.1, -0.05) is 23.7 Å². The normalized spacial score (nSPS) is 13.6. The molecule has 24 heavy (non-hydrogen) atoms. The van der Waals surface area contributed by atoms with Crippen LogP contribution in [-0.2, 0) is 0 Å². The molecule has 1 N–H and O–H groups in total. The molecule has 0 unspecified atom stereocenters. The molecule has 1 aliphatic heterocycles. The monoisotopic (exact) mass is 343 g/mol. The number of nitrogens with one attached hydrogen (secondary N) is 1. The lowest BCUT2D eigenvalue weighted by Crippen LogP contribution is -2.23. The highest BCUT2D eigenvalue weighted by atomic mass is 35.5. The van der Waals surface area contributed by atoms with Gasteiger partial charge in [0, 0.05) is 35.8 Å². The number of amidine groups is 1. The van der Waals surface area contributed by atoms with E-state index in [1.54, 1.807) is 30.3 Å². The second-order valence-corrected chi connectivity index (χ2v) is 5.94. The molecule has 0 aromatic heterocycles. The summed E-state index contributed by atoms with van der Waals surface area (Å²) in [5.74, 6) is 1.28. The molecular formula is C18H18ClN3O2. The number of carbonyl (C=O) groups excluding carboxylic acids is 1. The quantitative estimate of drug-likeness (QED) is 0.926. The van der Waals surface area contributed by atoms with E-state index < -0.39 is 0 Å². The molecule has 2 aromatic rings. The number of nitrogens with zero attached hydrogens (tertiary/aromatic N) is 2. The Kier molecular flexibility index (Phi) is 4.71. The molecule has 2 aromatic carbocycles. The third kappa shape index (κ3) is 3.36.